The summed E-state index contributed by atoms with van der Waals surface area (Å²) in [4.78, 5) is 12.0. The summed E-state index contributed by atoms with van der Waals surface area (Å²) < 4.78 is 27.9. The van der Waals surface area contributed by atoms with Gasteiger partial charge in [-0.05, 0) is 43.2 Å². The molecule has 0 saturated heterocycles. The van der Waals surface area contributed by atoms with Gasteiger partial charge in [-0.25, -0.2) is 18.2 Å². The molecule has 1 aromatic heterocycles. The van der Waals surface area contributed by atoms with Gasteiger partial charge in [0.1, 0.15) is 0 Å². The first kappa shape index (κ1) is 19.0. The number of hydrogen-bond donors (Lipinski definition) is 2. The third kappa shape index (κ3) is 4.69. The molecule has 1 heterocycles. The zero-order chi connectivity index (χ0) is 19.4. The summed E-state index contributed by atoms with van der Waals surface area (Å²) in [5.74, 6) is 0. The molecule has 0 aliphatic rings. The lowest BCUT2D eigenvalue weighted by Gasteiger charge is -2.15. The van der Waals surface area contributed by atoms with Crippen molar-refractivity contribution >= 4 is 10.0 Å². The third-order valence-electron chi connectivity index (χ3n) is 4.27. The van der Waals surface area contributed by atoms with E-state index in [0.717, 1.165) is 16.8 Å². The number of sulfonamides is 1. The van der Waals surface area contributed by atoms with Crippen LogP contribution >= 0.6 is 0 Å². The normalized spacial score (nSPS) is 12.7. The van der Waals surface area contributed by atoms with Gasteiger partial charge >= 0.3 is 0 Å². The molecule has 2 aromatic carbocycles. The average Bonchev–Trinajstić information content (AvgIpc) is 2.65. The lowest BCUT2D eigenvalue weighted by Crippen LogP contribution is -2.26. The van der Waals surface area contributed by atoms with Crippen molar-refractivity contribution in [1.82, 2.24) is 14.9 Å². The largest absolute Gasteiger partial charge is 0.268 e. The molecule has 27 heavy (non-hydrogen) atoms. The molecule has 2 N–H and O–H groups in total. The minimum atomic E-state index is -3.64. The van der Waals surface area contributed by atoms with Crippen LogP contribution in [0.25, 0.3) is 0 Å². The Hall–Kier alpha value is -2.77. The van der Waals surface area contributed by atoms with Crippen LogP contribution in [0.5, 0.6) is 0 Å². The third-order valence-corrected chi connectivity index (χ3v) is 5.82. The van der Waals surface area contributed by atoms with Crippen LogP contribution in [0.15, 0.2) is 70.4 Å². The van der Waals surface area contributed by atoms with Crippen LogP contribution in [0, 0.1) is 6.92 Å². The van der Waals surface area contributed by atoms with Crippen molar-refractivity contribution in [3.05, 3.63) is 93.4 Å². The van der Waals surface area contributed by atoms with E-state index in [1.54, 1.807) is 44.2 Å². The molecule has 140 valence electrons. The van der Waals surface area contributed by atoms with Crippen molar-refractivity contribution < 1.29 is 8.42 Å². The number of aryl methyl sites for hydroxylation is 1. The van der Waals surface area contributed by atoms with Gasteiger partial charge in [-0.2, -0.15) is 5.10 Å². The van der Waals surface area contributed by atoms with Crippen molar-refractivity contribution in [1.29, 1.82) is 0 Å². The summed E-state index contributed by atoms with van der Waals surface area (Å²) in [5.41, 5.74) is 2.82. The van der Waals surface area contributed by atoms with Crippen molar-refractivity contribution in [2.45, 2.75) is 31.2 Å². The Bertz CT molecular complexity index is 1080. The number of nitrogens with one attached hydrogen (secondary N) is 2. The first-order chi connectivity index (χ1) is 12.8. The van der Waals surface area contributed by atoms with Crippen LogP contribution < -0.4 is 10.3 Å². The second kappa shape index (κ2) is 7.85. The molecule has 0 amide bonds. The fraction of sp³-hybridized carbons (Fsp3) is 0.200. The maximum atomic E-state index is 12.6. The van der Waals surface area contributed by atoms with Gasteiger partial charge < -0.3 is 0 Å². The number of rotatable bonds is 6. The van der Waals surface area contributed by atoms with E-state index < -0.39 is 10.0 Å². The molecule has 0 fully saturated rings. The quantitative estimate of drug-likeness (QED) is 0.685. The predicted octanol–water partition coefficient (Wildman–Crippen LogP) is 2.71. The molecule has 7 heteroatoms. The highest BCUT2D eigenvalue weighted by Crippen LogP contribution is 2.18. The molecule has 0 aliphatic carbocycles. The minimum absolute atomic E-state index is 0.189. The number of nitrogens with zero attached hydrogens (tertiary/aromatic N) is 1. The molecule has 0 unspecified atom stereocenters. The highest BCUT2D eigenvalue weighted by molar-refractivity contribution is 7.89. The van der Waals surface area contributed by atoms with Crippen LogP contribution in [0.1, 0.15) is 35.3 Å². The molecule has 0 spiro atoms. The molecular formula is C20H21N3O3S. The molecule has 0 saturated carbocycles. The molecular weight excluding hydrogens is 362 g/mol. The van der Waals surface area contributed by atoms with Gasteiger partial charge in [0.25, 0.3) is 5.56 Å². The highest BCUT2D eigenvalue weighted by Gasteiger charge is 2.18. The van der Waals surface area contributed by atoms with Gasteiger partial charge in [0.05, 0.1) is 10.6 Å². The lowest BCUT2D eigenvalue weighted by atomic mass is 10.1. The molecule has 3 rings (SSSR count). The van der Waals surface area contributed by atoms with Gasteiger partial charge in [-0.3, -0.25) is 4.79 Å². The Morgan fingerprint density at radius 2 is 1.74 bits per heavy atom. The fourth-order valence-corrected chi connectivity index (χ4v) is 4.04. The smallest absolute Gasteiger partial charge is 0.267 e. The topological polar surface area (TPSA) is 91.9 Å². The summed E-state index contributed by atoms with van der Waals surface area (Å²) in [7, 11) is -3.64. The first-order valence-electron chi connectivity index (χ1n) is 8.56. The molecule has 0 radical (unpaired) electrons. The number of benzene rings is 2. The maximum absolute atomic E-state index is 12.6. The zero-order valence-electron chi connectivity index (χ0n) is 15.1. The van der Waals surface area contributed by atoms with Gasteiger partial charge in [0.2, 0.25) is 10.0 Å². The van der Waals surface area contributed by atoms with E-state index in [4.69, 9.17) is 0 Å². The van der Waals surface area contributed by atoms with Crippen molar-refractivity contribution in [3.8, 4) is 0 Å². The predicted molar refractivity (Wildman–Crippen MR) is 104 cm³/mol. The average molecular weight is 383 g/mol. The Morgan fingerprint density at radius 1 is 1.07 bits per heavy atom. The van der Waals surface area contributed by atoms with E-state index in [1.807, 2.05) is 30.3 Å². The van der Waals surface area contributed by atoms with Crippen LogP contribution in [-0.2, 0) is 16.4 Å². The summed E-state index contributed by atoms with van der Waals surface area (Å²) in [6.07, 6.45) is 0.410. The van der Waals surface area contributed by atoms with E-state index in [0.29, 0.717) is 12.0 Å². The Kier molecular flexibility index (Phi) is 5.53. The van der Waals surface area contributed by atoms with Gasteiger partial charge in [-0.1, -0.05) is 42.5 Å². The highest BCUT2D eigenvalue weighted by atomic mass is 32.2. The standard InChI is InChI=1S/C20H21N3O3S/c1-14-12-18(20(24)22-21-14)13-16-8-10-19(11-9-16)27(25,26)23-15(2)17-6-4-3-5-7-17/h3-12,15,23H,13H2,1-2H3,(H,22,24)/t15-/m1/s1. The van der Waals surface area contributed by atoms with Crippen LogP contribution in [0.3, 0.4) is 0 Å². The summed E-state index contributed by atoms with van der Waals surface area (Å²) >= 11 is 0. The molecule has 0 aliphatic heterocycles. The van der Waals surface area contributed by atoms with Gasteiger partial charge in [0.15, 0.2) is 0 Å². The van der Waals surface area contributed by atoms with Crippen LogP contribution in [-0.4, -0.2) is 18.6 Å². The SMILES string of the molecule is Cc1cc(Cc2ccc(S(=O)(=O)N[C@H](C)c3ccccc3)cc2)c(=O)[nH]n1. The van der Waals surface area contributed by atoms with Crippen molar-refractivity contribution in [3.63, 3.8) is 0 Å². The number of H-pyrrole nitrogens is 1. The van der Waals surface area contributed by atoms with E-state index in [2.05, 4.69) is 14.9 Å². The van der Waals surface area contributed by atoms with E-state index >= 15 is 0 Å². The summed E-state index contributed by atoms with van der Waals surface area (Å²) in [6, 6.07) is 17.3. The monoisotopic (exact) mass is 383 g/mol. The van der Waals surface area contributed by atoms with E-state index in [1.165, 1.54) is 0 Å². The summed E-state index contributed by atoms with van der Waals surface area (Å²) in [5, 5.41) is 6.30. The van der Waals surface area contributed by atoms with Crippen molar-refractivity contribution in [2.24, 2.45) is 0 Å². The molecule has 0 bridgehead atoms. The minimum Gasteiger partial charge on any atom is -0.268 e. The summed E-state index contributed by atoms with van der Waals surface area (Å²) in [6.45, 7) is 3.61. The Morgan fingerprint density at radius 3 is 2.41 bits per heavy atom. The molecule has 6 nitrogen and oxygen atoms in total. The number of hydrogen-bond acceptors (Lipinski definition) is 4. The van der Waals surface area contributed by atoms with Gasteiger partial charge in [0, 0.05) is 18.0 Å². The van der Waals surface area contributed by atoms with Crippen LogP contribution in [0.4, 0.5) is 0 Å². The second-order valence-corrected chi connectivity index (χ2v) is 8.15. The number of aromatic nitrogens is 2. The Balaban J connectivity index is 1.76. The molecule has 1 atom stereocenters. The molecule has 3 aromatic rings. The van der Waals surface area contributed by atoms with Crippen molar-refractivity contribution in [2.75, 3.05) is 0 Å². The fourth-order valence-electron chi connectivity index (χ4n) is 2.81. The van der Waals surface area contributed by atoms with E-state index in [-0.39, 0.29) is 16.5 Å². The first-order valence-corrected chi connectivity index (χ1v) is 10.0. The van der Waals surface area contributed by atoms with E-state index in [9.17, 15) is 13.2 Å². The maximum Gasteiger partial charge on any atom is 0.267 e. The number of aromatic amines is 1. The lowest BCUT2D eigenvalue weighted by molar-refractivity contribution is 0.567. The second-order valence-electron chi connectivity index (χ2n) is 6.44. The Labute approximate surface area is 158 Å². The zero-order valence-corrected chi connectivity index (χ0v) is 16.0. The van der Waals surface area contributed by atoms with Crippen LogP contribution in [0.2, 0.25) is 0 Å². The van der Waals surface area contributed by atoms with Gasteiger partial charge in [-0.15, -0.1) is 0 Å².